The molecule has 6 atom stereocenters. The van der Waals surface area contributed by atoms with Gasteiger partial charge in [-0.05, 0) is 125 Å². The summed E-state index contributed by atoms with van der Waals surface area (Å²) in [5, 5.41) is 24.7. The van der Waals surface area contributed by atoms with Crippen LogP contribution < -0.4 is 42.5 Å². The molecule has 0 fully saturated rings. The van der Waals surface area contributed by atoms with Gasteiger partial charge in [0.2, 0.25) is 33.9 Å². The number of carbonyl (C=O) groups is 12. The van der Waals surface area contributed by atoms with Gasteiger partial charge >= 0.3 is 24.1 Å². The molecule has 36 heteroatoms. The summed E-state index contributed by atoms with van der Waals surface area (Å²) in [5.74, 6) is -4.47. The van der Waals surface area contributed by atoms with Crippen LogP contribution in [0, 0.1) is 28.1 Å². The molecule has 1 radical (unpaired) electrons. The number of thiazole rings is 2. The topological polar surface area (TPSA) is 364 Å². The Balaban J connectivity index is -0.00000151. The van der Waals surface area contributed by atoms with E-state index in [1.807, 2.05) is 52.9 Å². The maximum absolute atomic E-state index is 13.3. The summed E-state index contributed by atoms with van der Waals surface area (Å²) in [7, 11) is 0. The first kappa shape index (κ1) is 105. The second kappa shape index (κ2) is 52.1. The first-order chi connectivity index (χ1) is 47.4. The average molecular weight is 2040 g/mol. The second-order valence-corrected chi connectivity index (χ2v) is 44.8. The van der Waals surface area contributed by atoms with Crippen LogP contribution in [0.1, 0.15) is 209 Å². The Bertz CT molecular complexity index is 3130. The standard InChI is InChI=1S/C31H47N5O8S2.C21H29ClN4O5S.C10H19NO3S.C2H3I3.C2H4I.C2H6.V/c1-17(2)23-26(39)43-19(12-10-11-13-45-27(40)24(18(3)4)35-29(42)44-30(5,6)7)14-21(37)32-15-22-33-20(16-46-22)25(38)36-31(8,9)28(41)34-23;1-12(2)17-19(29)31-13(7-5-6-8-22)9-15(27)23-10-16-24-14(11-32-16)18(28)26-21(3,4)20(30)25-17;1-6(2)7(8(12)15)11-9(13)14-10(3,4)5;1-2(3,4)5;1-2-3;1-2;/h10,12,16-19,23-24H,11,13-15H2,1-9H3,(H,32,37)(H,34,41)(H,35,42)(H,36,38);5,7,11-13,17H,6,8-10H2,1-4H3,(H,23,27)(H,25,30)(H,26,28);6-7H,1-5H3,(H,11,13)(H,12,15);1H3;2H,1H3;1-2H3;/q;;;;-1;;/b12-10+;7-5+;;;;;/t19-,23+,24+;13-,17+;7-;;;;/m110..../s1. The van der Waals surface area contributed by atoms with Crippen LogP contribution in [0.25, 0.3) is 0 Å². The van der Waals surface area contributed by atoms with E-state index in [1.54, 1.807) is 98.9 Å². The van der Waals surface area contributed by atoms with Crippen LogP contribution in [0.5, 0.6) is 0 Å². The molecule has 2 aromatic heterocycles. The molecule has 591 valence electrons. The number of allylic oxidation sites excluding steroid dienone is 2. The van der Waals surface area contributed by atoms with Gasteiger partial charge < -0.3 is 84.1 Å². The number of thiol groups is 1. The van der Waals surface area contributed by atoms with Crippen molar-refractivity contribution < 1.29 is 95.0 Å². The molecular formula is C68H108ClI4N10O16S4V-. The zero-order valence-corrected chi connectivity index (χ0v) is 77.5. The Morgan fingerprint density at radius 1 is 0.673 bits per heavy atom. The number of nitrogens with one attached hydrogen (secondary N) is 8. The molecular weight excluding hydrogens is 1940 g/mol. The normalized spacial score (nSPS) is 18.9. The first-order valence-electron chi connectivity index (χ1n) is 33.2. The summed E-state index contributed by atoms with van der Waals surface area (Å²) < 4.78 is 24.0. The number of amides is 8. The van der Waals surface area contributed by atoms with Crippen LogP contribution in [0.3, 0.4) is 0 Å². The van der Waals surface area contributed by atoms with E-state index < -0.39 is 112 Å². The fraction of sp³-hybridized carbons (Fsp3) is 0.662. The molecule has 4 heterocycles. The fourth-order valence-electron chi connectivity index (χ4n) is 7.80. The number of carbonyl (C=O) groups excluding carboxylic acids is 12. The summed E-state index contributed by atoms with van der Waals surface area (Å²) in [6.07, 6.45) is 4.26. The fourth-order valence-corrected chi connectivity index (χ4v) is 10.7. The number of esters is 2. The van der Waals surface area contributed by atoms with Gasteiger partial charge in [-0.1, -0.05) is 161 Å². The van der Waals surface area contributed by atoms with Gasteiger partial charge in [-0.3, -0.25) is 42.8 Å². The number of fused-ring (bicyclic) bond motifs is 4. The third kappa shape index (κ3) is 47.1. The number of halogens is 5. The van der Waals surface area contributed by atoms with Crippen LogP contribution in [0.15, 0.2) is 35.1 Å². The first-order valence-corrected chi connectivity index (χ1v) is 41.4. The van der Waals surface area contributed by atoms with E-state index in [1.165, 1.54) is 55.7 Å². The van der Waals surface area contributed by atoms with Gasteiger partial charge in [0.25, 0.3) is 11.8 Å². The van der Waals surface area contributed by atoms with E-state index in [0.29, 0.717) is 33.9 Å². The maximum Gasteiger partial charge on any atom is 0.408 e. The molecule has 26 nitrogen and oxygen atoms in total. The summed E-state index contributed by atoms with van der Waals surface area (Å²) >= 11 is 22.1. The van der Waals surface area contributed by atoms with Crippen molar-refractivity contribution >= 4 is 219 Å². The maximum atomic E-state index is 13.3. The number of alkyl carbamates (subject to hydrolysis) is 2. The number of aromatic nitrogens is 2. The van der Waals surface area contributed by atoms with E-state index in [0.717, 1.165) is 11.8 Å². The second-order valence-electron chi connectivity index (χ2n) is 27.1. The van der Waals surface area contributed by atoms with Crippen molar-refractivity contribution in [3.8, 4) is 0 Å². The number of hydrogen-bond acceptors (Lipinski definition) is 21. The molecule has 0 aliphatic carbocycles. The van der Waals surface area contributed by atoms with Crippen molar-refractivity contribution in [2.24, 2.45) is 23.7 Å². The number of cyclic esters (lactones) is 2. The molecule has 2 aliphatic rings. The van der Waals surface area contributed by atoms with E-state index in [-0.39, 0.29) is 95.7 Å². The zero-order valence-electron chi connectivity index (χ0n) is 63.4. The molecule has 4 rings (SSSR count). The minimum Gasteiger partial charge on any atom is -0.456 e. The van der Waals surface area contributed by atoms with Gasteiger partial charge in [-0.2, -0.15) is 6.92 Å². The number of nitrogens with zero attached hydrogens (tertiary/aromatic N) is 2. The zero-order chi connectivity index (χ0) is 80.1. The van der Waals surface area contributed by atoms with Gasteiger partial charge in [0, 0.05) is 40.9 Å². The minimum atomic E-state index is -1.37. The number of rotatable bonds is 15. The smallest absolute Gasteiger partial charge is 0.408 e. The molecule has 0 saturated heterocycles. The van der Waals surface area contributed by atoms with E-state index in [4.69, 9.17) is 30.5 Å². The molecule has 0 unspecified atom stereocenters. The van der Waals surface area contributed by atoms with Gasteiger partial charge in [0.1, 0.15) is 79.5 Å². The Kier molecular flexibility index (Phi) is 52.6. The van der Waals surface area contributed by atoms with Crippen LogP contribution in [-0.4, -0.2) is 149 Å². The number of hydrogen-bond donors (Lipinski definition) is 9. The number of alkyl halides is 4. The van der Waals surface area contributed by atoms with Crippen LogP contribution in [0.4, 0.5) is 9.59 Å². The van der Waals surface area contributed by atoms with Gasteiger partial charge in [0.05, 0.1) is 25.9 Å². The van der Waals surface area contributed by atoms with Crippen LogP contribution in [-0.2, 0) is 88.9 Å². The third-order valence-electron chi connectivity index (χ3n) is 12.9. The molecule has 104 heavy (non-hydrogen) atoms. The van der Waals surface area contributed by atoms with Crippen molar-refractivity contribution in [2.75, 3.05) is 11.6 Å². The Labute approximate surface area is 704 Å². The summed E-state index contributed by atoms with van der Waals surface area (Å²) in [6.45, 7) is 39.3. The van der Waals surface area contributed by atoms with Crippen molar-refractivity contribution in [2.45, 2.75) is 249 Å². The predicted octanol–water partition coefficient (Wildman–Crippen LogP) is 13.0. The molecule has 8 amide bonds. The molecule has 0 aromatic carbocycles. The third-order valence-corrected chi connectivity index (χ3v) is 16.0. The molecule has 0 saturated carbocycles. The van der Waals surface area contributed by atoms with Crippen molar-refractivity contribution in [3.63, 3.8) is 0 Å². The molecule has 0 spiro atoms. The Morgan fingerprint density at radius 3 is 1.32 bits per heavy atom. The Morgan fingerprint density at radius 2 is 1.01 bits per heavy atom. The quantitative estimate of drug-likeness (QED) is 0.0117. The summed E-state index contributed by atoms with van der Waals surface area (Å²) in [4.78, 5) is 159. The molecule has 2 aliphatic heterocycles. The van der Waals surface area contributed by atoms with Crippen molar-refractivity contribution in [3.05, 3.63) is 60.9 Å². The average Bonchev–Trinajstić information content (AvgIpc) is 1.85. The summed E-state index contributed by atoms with van der Waals surface area (Å²) in [5.41, 5.74) is -3.68. The van der Waals surface area contributed by atoms with Crippen molar-refractivity contribution in [1.82, 2.24) is 52.5 Å². The minimum absolute atomic E-state index is 0. The van der Waals surface area contributed by atoms with E-state index in [9.17, 15) is 57.5 Å². The molecule has 4 bridgehead atoms. The molecule has 2 aromatic rings. The predicted molar refractivity (Wildman–Crippen MR) is 445 cm³/mol. The SMILES string of the molecule is CC.CC(C)[C@@H]1NC(=O)C(C)(C)NC(=O)c2csc(n2)CNC(=O)C[C@@H](/C=C/CCCl)OC1=O.CC(C)[C@@H]1NC(=O)C(C)(C)NC(=O)c2csc(n2)CNC(=O)C[C@@H](/C=C/CCSC(=O)[C@@H](NC(=O)OC(C)(C)C)C(C)C)OC1=O.CC(C)[C@H](NC(=O)OC(C)(C)C)C(=O)S.CC(I)(I)I.C[CH-]I.[V]. The Hall–Kier alpha value is -3.13. The monoisotopic (exact) mass is 2040 g/mol. The summed E-state index contributed by atoms with van der Waals surface area (Å²) in [6, 6.07) is -3.37. The molecule has 8 N–H and O–H groups in total. The number of thioether (sulfide) groups is 1. The van der Waals surface area contributed by atoms with Crippen LogP contribution >= 0.6 is 149 Å². The van der Waals surface area contributed by atoms with Gasteiger partial charge in [-0.25, -0.2) is 29.1 Å². The van der Waals surface area contributed by atoms with Gasteiger partial charge in [0.15, 0.2) is 0 Å². The van der Waals surface area contributed by atoms with E-state index in [2.05, 4.69) is 162 Å². The van der Waals surface area contributed by atoms with E-state index >= 15 is 0 Å². The number of ether oxygens (including phenoxy) is 4. The largest absolute Gasteiger partial charge is 0.456 e. The van der Waals surface area contributed by atoms with Crippen molar-refractivity contribution in [1.29, 1.82) is 0 Å². The van der Waals surface area contributed by atoms with Gasteiger partial charge in [-0.15, -0.1) is 46.9 Å². The van der Waals surface area contributed by atoms with Crippen LogP contribution in [0.2, 0.25) is 0 Å².